The molecule has 2 fully saturated rings. The average molecular weight is 224 g/mol. The normalized spacial score (nSPS) is 34.3. The second-order valence-corrected chi connectivity index (χ2v) is 6.14. The number of rotatable bonds is 4. The summed E-state index contributed by atoms with van der Waals surface area (Å²) in [4.78, 5) is 2.80. The van der Waals surface area contributed by atoms with Crippen molar-refractivity contribution in [1.29, 1.82) is 0 Å². The molecule has 2 nitrogen and oxygen atoms in total. The maximum atomic E-state index is 3.77. The first kappa shape index (κ1) is 12.4. The van der Waals surface area contributed by atoms with Gasteiger partial charge in [-0.15, -0.1) is 0 Å². The minimum atomic E-state index is 0.723. The van der Waals surface area contributed by atoms with Crippen molar-refractivity contribution in [2.45, 2.75) is 65.1 Å². The molecule has 3 atom stereocenters. The SMILES string of the molecule is CCC(C)C1CN(C2CC2)C(C(C)C)CN1. The Hall–Kier alpha value is -0.0800. The molecule has 2 heteroatoms. The summed E-state index contributed by atoms with van der Waals surface area (Å²) in [6, 6.07) is 2.41. The predicted octanol–water partition coefficient (Wildman–Crippen LogP) is 2.49. The summed E-state index contributed by atoms with van der Waals surface area (Å²) in [7, 11) is 0. The van der Waals surface area contributed by atoms with Gasteiger partial charge in [0.05, 0.1) is 0 Å². The summed E-state index contributed by atoms with van der Waals surface area (Å²) >= 11 is 0. The Morgan fingerprint density at radius 3 is 2.44 bits per heavy atom. The predicted molar refractivity (Wildman–Crippen MR) is 69.6 cm³/mol. The van der Waals surface area contributed by atoms with E-state index in [1.807, 2.05) is 0 Å². The summed E-state index contributed by atoms with van der Waals surface area (Å²) in [6.45, 7) is 11.9. The molecule has 0 bridgehead atoms. The van der Waals surface area contributed by atoms with Crippen LogP contribution in [0.4, 0.5) is 0 Å². The maximum absolute atomic E-state index is 3.77. The van der Waals surface area contributed by atoms with E-state index in [9.17, 15) is 0 Å². The lowest BCUT2D eigenvalue weighted by Gasteiger charge is -2.44. The molecule has 1 aliphatic carbocycles. The minimum Gasteiger partial charge on any atom is -0.311 e. The van der Waals surface area contributed by atoms with Gasteiger partial charge in [-0.3, -0.25) is 4.90 Å². The molecular formula is C14H28N2. The highest BCUT2D eigenvalue weighted by Gasteiger charge is 2.39. The van der Waals surface area contributed by atoms with Crippen molar-refractivity contribution in [1.82, 2.24) is 10.2 Å². The van der Waals surface area contributed by atoms with Crippen LogP contribution in [0.2, 0.25) is 0 Å². The lowest BCUT2D eigenvalue weighted by atomic mass is 9.92. The summed E-state index contributed by atoms with van der Waals surface area (Å²) in [5.74, 6) is 1.60. The van der Waals surface area contributed by atoms with Gasteiger partial charge in [-0.1, -0.05) is 34.1 Å². The molecule has 16 heavy (non-hydrogen) atoms. The molecule has 0 spiro atoms. The Kier molecular flexibility index (Phi) is 3.91. The molecule has 1 aliphatic heterocycles. The molecule has 3 unspecified atom stereocenters. The van der Waals surface area contributed by atoms with Crippen LogP contribution in [-0.4, -0.2) is 36.1 Å². The number of nitrogens with one attached hydrogen (secondary N) is 1. The summed E-state index contributed by atoms with van der Waals surface area (Å²) in [5.41, 5.74) is 0. The zero-order valence-corrected chi connectivity index (χ0v) is 11.4. The van der Waals surface area contributed by atoms with Crippen LogP contribution in [0.5, 0.6) is 0 Å². The molecule has 0 aromatic rings. The van der Waals surface area contributed by atoms with Crippen molar-refractivity contribution in [2.75, 3.05) is 13.1 Å². The van der Waals surface area contributed by atoms with Gasteiger partial charge in [0.25, 0.3) is 0 Å². The van der Waals surface area contributed by atoms with E-state index in [1.165, 1.54) is 32.4 Å². The van der Waals surface area contributed by atoms with Crippen molar-refractivity contribution in [3.63, 3.8) is 0 Å². The topological polar surface area (TPSA) is 15.3 Å². The van der Waals surface area contributed by atoms with Gasteiger partial charge >= 0.3 is 0 Å². The first-order chi connectivity index (χ1) is 7.63. The highest BCUT2D eigenvalue weighted by Crippen LogP contribution is 2.33. The van der Waals surface area contributed by atoms with Gasteiger partial charge in [-0.05, 0) is 24.7 Å². The maximum Gasteiger partial charge on any atom is 0.0247 e. The Labute approximate surface area is 101 Å². The molecule has 94 valence electrons. The molecule has 2 aliphatic rings. The first-order valence-electron chi connectivity index (χ1n) is 7.12. The lowest BCUT2D eigenvalue weighted by molar-refractivity contribution is 0.0748. The van der Waals surface area contributed by atoms with Crippen LogP contribution < -0.4 is 5.32 Å². The fraction of sp³-hybridized carbons (Fsp3) is 1.00. The molecule has 1 N–H and O–H groups in total. The molecule has 1 saturated carbocycles. The molecule has 2 rings (SSSR count). The van der Waals surface area contributed by atoms with E-state index in [1.54, 1.807) is 0 Å². The Morgan fingerprint density at radius 2 is 1.94 bits per heavy atom. The molecule has 0 amide bonds. The third-order valence-corrected chi connectivity index (χ3v) is 4.54. The lowest BCUT2D eigenvalue weighted by Crippen LogP contribution is -2.60. The standard InChI is InChI=1S/C14H28N2/c1-5-11(4)13-9-16(12-6-7-12)14(8-15-13)10(2)3/h10-15H,5-9H2,1-4H3. The van der Waals surface area contributed by atoms with Crippen LogP contribution in [0.25, 0.3) is 0 Å². The first-order valence-corrected chi connectivity index (χ1v) is 7.12. The number of hydrogen-bond donors (Lipinski definition) is 1. The number of hydrogen-bond acceptors (Lipinski definition) is 2. The fourth-order valence-corrected chi connectivity index (χ4v) is 2.93. The second-order valence-electron chi connectivity index (χ2n) is 6.14. The van der Waals surface area contributed by atoms with Crippen LogP contribution >= 0.6 is 0 Å². The van der Waals surface area contributed by atoms with Crippen LogP contribution in [0.3, 0.4) is 0 Å². The van der Waals surface area contributed by atoms with E-state index in [4.69, 9.17) is 0 Å². The van der Waals surface area contributed by atoms with E-state index in [2.05, 4.69) is 37.9 Å². The Bertz CT molecular complexity index is 223. The number of piperazine rings is 1. The smallest absolute Gasteiger partial charge is 0.0247 e. The van der Waals surface area contributed by atoms with E-state index in [-0.39, 0.29) is 0 Å². The van der Waals surface area contributed by atoms with Crippen molar-refractivity contribution in [3.8, 4) is 0 Å². The fourth-order valence-electron chi connectivity index (χ4n) is 2.93. The molecule has 0 aromatic heterocycles. The van der Waals surface area contributed by atoms with Gasteiger partial charge in [-0.2, -0.15) is 0 Å². The molecule has 1 saturated heterocycles. The van der Waals surface area contributed by atoms with Gasteiger partial charge in [0.2, 0.25) is 0 Å². The second kappa shape index (κ2) is 5.05. The van der Waals surface area contributed by atoms with E-state index < -0.39 is 0 Å². The molecule has 1 heterocycles. The van der Waals surface area contributed by atoms with Crippen molar-refractivity contribution < 1.29 is 0 Å². The average Bonchev–Trinajstić information content (AvgIpc) is 3.10. The monoisotopic (exact) mass is 224 g/mol. The summed E-state index contributed by atoms with van der Waals surface area (Å²) in [6.07, 6.45) is 4.18. The zero-order valence-electron chi connectivity index (χ0n) is 11.4. The van der Waals surface area contributed by atoms with Crippen LogP contribution in [-0.2, 0) is 0 Å². The van der Waals surface area contributed by atoms with E-state index >= 15 is 0 Å². The van der Waals surface area contributed by atoms with E-state index in [0.717, 1.165) is 30.0 Å². The van der Waals surface area contributed by atoms with E-state index in [0.29, 0.717) is 0 Å². The molecule has 0 aromatic carbocycles. The highest BCUT2D eigenvalue weighted by atomic mass is 15.3. The van der Waals surface area contributed by atoms with Crippen molar-refractivity contribution in [3.05, 3.63) is 0 Å². The van der Waals surface area contributed by atoms with Crippen molar-refractivity contribution in [2.24, 2.45) is 11.8 Å². The molecular weight excluding hydrogens is 196 g/mol. The van der Waals surface area contributed by atoms with Crippen LogP contribution in [0.15, 0.2) is 0 Å². The molecule has 0 radical (unpaired) electrons. The van der Waals surface area contributed by atoms with Gasteiger partial charge in [-0.25, -0.2) is 0 Å². The highest BCUT2D eigenvalue weighted by molar-refractivity contribution is 4.97. The van der Waals surface area contributed by atoms with Crippen LogP contribution in [0.1, 0.15) is 47.0 Å². The summed E-state index contributed by atoms with van der Waals surface area (Å²) in [5, 5.41) is 3.77. The van der Waals surface area contributed by atoms with Gasteiger partial charge in [0.1, 0.15) is 0 Å². The summed E-state index contributed by atoms with van der Waals surface area (Å²) < 4.78 is 0. The Morgan fingerprint density at radius 1 is 1.25 bits per heavy atom. The third-order valence-electron chi connectivity index (χ3n) is 4.54. The van der Waals surface area contributed by atoms with Gasteiger partial charge in [0, 0.05) is 31.2 Å². The van der Waals surface area contributed by atoms with Crippen LogP contribution in [0, 0.1) is 11.8 Å². The van der Waals surface area contributed by atoms with Crippen molar-refractivity contribution >= 4 is 0 Å². The van der Waals surface area contributed by atoms with Gasteiger partial charge < -0.3 is 5.32 Å². The third kappa shape index (κ3) is 2.60. The quantitative estimate of drug-likeness (QED) is 0.789. The Balaban J connectivity index is 1.97. The minimum absolute atomic E-state index is 0.723. The largest absolute Gasteiger partial charge is 0.311 e. The zero-order chi connectivity index (χ0) is 11.7. The number of nitrogens with zero attached hydrogens (tertiary/aromatic N) is 1. The van der Waals surface area contributed by atoms with Gasteiger partial charge in [0.15, 0.2) is 0 Å².